The Kier molecular flexibility index (Phi) is 6.66. The molecule has 1 aliphatic heterocycles. The highest BCUT2D eigenvalue weighted by Gasteiger charge is 2.18. The third kappa shape index (κ3) is 5.36. The third-order valence-corrected chi connectivity index (χ3v) is 6.46. The van der Waals surface area contributed by atoms with Gasteiger partial charge in [-0.1, -0.05) is 62.1 Å². The first-order valence-corrected chi connectivity index (χ1v) is 11.1. The van der Waals surface area contributed by atoms with Gasteiger partial charge in [0.05, 0.1) is 6.10 Å². The van der Waals surface area contributed by atoms with Crippen molar-refractivity contribution >= 4 is 5.69 Å². The normalized spacial score (nSPS) is 18.8. The molecule has 28 heavy (non-hydrogen) atoms. The second-order valence-corrected chi connectivity index (χ2v) is 8.68. The Bertz CT molecular complexity index is 754. The highest BCUT2D eigenvalue weighted by molar-refractivity contribution is 5.45. The van der Waals surface area contributed by atoms with Crippen molar-refractivity contribution in [1.82, 2.24) is 4.90 Å². The van der Waals surface area contributed by atoms with E-state index in [2.05, 4.69) is 58.7 Å². The molecule has 0 aromatic heterocycles. The van der Waals surface area contributed by atoms with Crippen LogP contribution in [0.1, 0.15) is 48.8 Å². The van der Waals surface area contributed by atoms with E-state index in [4.69, 9.17) is 0 Å². The van der Waals surface area contributed by atoms with Crippen LogP contribution in [-0.4, -0.2) is 35.7 Å². The Labute approximate surface area is 169 Å². The summed E-state index contributed by atoms with van der Waals surface area (Å²) in [5.41, 5.74) is 5.41. The minimum atomic E-state index is -0.354. The minimum absolute atomic E-state index is 0.354. The Morgan fingerprint density at radius 1 is 1.04 bits per heavy atom. The van der Waals surface area contributed by atoms with Crippen LogP contribution in [0.2, 0.25) is 0 Å². The molecule has 3 nitrogen and oxygen atoms in total. The van der Waals surface area contributed by atoms with Gasteiger partial charge >= 0.3 is 0 Å². The molecule has 0 amide bonds. The maximum Gasteiger partial charge on any atom is 0.0839 e. The fourth-order valence-electron chi connectivity index (χ4n) is 4.81. The molecule has 1 saturated carbocycles. The van der Waals surface area contributed by atoms with Crippen LogP contribution in [0.4, 0.5) is 5.69 Å². The zero-order chi connectivity index (χ0) is 19.2. The van der Waals surface area contributed by atoms with Crippen LogP contribution >= 0.6 is 0 Å². The van der Waals surface area contributed by atoms with Gasteiger partial charge in [0.2, 0.25) is 0 Å². The monoisotopic (exact) mass is 378 g/mol. The molecule has 3 heteroatoms. The molecule has 1 fully saturated rings. The van der Waals surface area contributed by atoms with E-state index >= 15 is 0 Å². The van der Waals surface area contributed by atoms with Crippen molar-refractivity contribution in [2.45, 2.75) is 57.6 Å². The lowest BCUT2D eigenvalue weighted by Crippen LogP contribution is -2.39. The van der Waals surface area contributed by atoms with E-state index in [9.17, 15) is 5.11 Å². The first-order valence-electron chi connectivity index (χ1n) is 11.1. The summed E-state index contributed by atoms with van der Waals surface area (Å²) in [4.78, 5) is 2.37. The van der Waals surface area contributed by atoms with E-state index in [0.717, 1.165) is 37.7 Å². The number of fused-ring (bicyclic) bond motifs is 1. The van der Waals surface area contributed by atoms with Crippen LogP contribution in [0.3, 0.4) is 0 Å². The zero-order valence-corrected chi connectivity index (χ0v) is 16.9. The summed E-state index contributed by atoms with van der Waals surface area (Å²) in [6.45, 7) is 3.31. The Balaban J connectivity index is 1.22. The number of aliphatic hydroxyl groups is 1. The van der Waals surface area contributed by atoms with E-state index < -0.39 is 0 Å². The van der Waals surface area contributed by atoms with Crippen molar-refractivity contribution in [1.29, 1.82) is 0 Å². The Morgan fingerprint density at radius 2 is 1.86 bits per heavy atom. The standard InChI is InChI=1S/C25H34N2O/c28-25(19-27-15-14-22-9-3-4-10-23(22)18-27)17-26-24-11-5-8-21(16-24)13-12-20-6-1-2-7-20/h3-5,8-11,16,20,25-26,28H,1-2,6-7,12-15,17-19H2. The fourth-order valence-corrected chi connectivity index (χ4v) is 4.81. The maximum absolute atomic E-state index is 10.5. The molecule has 2 aromatic rings. The van der Waals surface area contributed by atoms with Crippen LogP contribution in [0.25, 0.3) is 0 Å². The van der Waals surface area contributed by atoms with Gasteiger partial charge in [-0.15, -0.1) is 0 Å². The number of β-amino-alcohol motifs (C(OH)–C–C–N with tert-alkyl or cyclic N) is 1. The predicted octanol–water partition coefficient (Wildman–Crippen LogP) is 4.64. The molecule has 1 atom stereocenters. The smallest absolute Gasteiger partial charge is 0.0839 e. The van der Waals surface area contributed by atoms with Crippen molar-refractivity contribution in [2.75, 3.05) is 25.0 Å². The van der Waals surface area contributed by atoms with Gasteiger partial charge in [0.15, 0.2) is 0 Å². The summed E-state index contributed by atoms with van der Waals surface area (Å²) >= 11 is 0. The molecule has 0 spiro atoms. The predicted molar refractivity (Wildman–Crippen MR) is 117 cm³/mol. The number of hydrogen-bond donors (Lipinski definition) is 2. The number of nitrogens with zero attached hydrogens (tertiary/aromatic N) is 1. The molecule has 4 rings (SSSR count). The van der Waals surface area contributed by atoms with Crippen LogP contribution in [-0.2, 0) is 19.4 Å². The van der Waals surface area contributed by atoms with Gasteiger partial charge in [-0.3, -0.25) is 4.90 Å². The van der Waals surface area contributed by atoms with E-state index in [0.29, 0.717) is 6.54 Å². The highest BCUT2D eigenvalue weighted by atomic mass is 16.3. The Morgan fingerprint density at radius 3 is 2.71 bits per heavy atom. The summed E-state index contributed by atoms with van der Waals surface area (Å²) in [5.74, 6) is 0.938. The van der Waals surface area contributed by atoms with Gasteiger partial charge in [0.25, 0.3) is 0 Å². The maximum atomic E-state index is 10.5. The van der Waals surface area contributed by atoms with Crippen LogP contribution in [0.15, 0.2) is 48.5 Å². The molecule has 2 aromatic carbocycles. The Hall–Kier alpha value is -1.84. The van der Waals surface area contributed by atoms with Gasteiger partial charge < -0.3 is 10.4 Å². The topological polar surface area (TPSA) is 35.5 Å². The van der Waals surface area contributed by atoms with Gasteiger partial charge in [-0.05, 0) is 54.0 Å². The van der Waals surface area contributed by atoms with Crippen molar-refractivity contribution in [3.63, 3.8) is 0 Å². The van der Waals surface area contributed by atoms with Crippen LogP contribution in [0.5, 0.6) is 0 Å². The van der Waals surface area contributed by atoms with Crippen molar-refractivity contribution in [2.24, 2.45) is 5.92 Å². The average Bonchev–Trinajstić information content (AvgIpc) is 3.25. The van der Waals surface area contributed by atoms with Crippen molar-refractivity contribution in [3.8, 4) is 0 Å². The summed E-state index contributed by atoms with van der Waals surface area (Å²) in [7, 11) is 0. The molecular formula is C25H34N2O. The number of aliphatic hydroxyl groups excluding tert-OH is 1. The number of anilines is 1. The van der Waals surface area contributed by atoms with Crippen molar-refractivity contribution in [3.05, 3.63) is 65.2 Å². The molecule has 2 N–H and O–H groups in total. The summed E-state index contributed by atoms with van der Waals surface area (Å²) < 4.78 is 0. The number of nitrogens with one attached hydrogen (secondary N) is 1. The first kappa shape index (κ1) is 19.5. The lowest BCUT2D eigenvalue weighted by Gasteiger charge is -2.30. The van der Waals surface area contributed by atoms with Crippen molar-refractivity contribution < 1.29 is 5.11 Å². The molecule has 150 valence electrons. The molecule has 1 heterocycles. The number of aryl methyl sites for hydroxylation is 1. The molecule has 0 radical (unpaired) electrons. The minimum Gasteiger partial charge on any atom is -0.390 e. The summed E-state index contributed by atoms with van der Waals surface area (Å²) in [6, 6.07) is 17.4. The second-order valence-electron chi connectivity index (χ2n) is 8.68. The van der Waals surface area contributed by atoms with Crippen LogP contribution in [0, 0.1) is 5.92 Å². The first-order chi connectivity index (χ1) is 13.8. The molecule has 2 aliphatic rings. The molecular weight excluding hydrogens is 344 g/mol. The SMILES string of the molecule is OC(CNc1cccc(CCC2CCCC2)c1)CN1CCc2ccccc2C1. The van der Waals surface area contributed by atoms with Gasteiger partial charge in [-0.25, -0.2) is 0 Å². The lowest BCUT2D eigenvalue weighted by molar-refractivity contribution is 0.114. The molecule has 0 saturated heterocycles. The van der Waals surface area contributed by atoms with E-state index in [-0.39, 0.29) is 6.10 Å². The van der Waals surface area contributed by atoms with E-state index in [1.165, 1.54) is 55.2 Å². The van der Waals surface area contributed by atoms with E-state index in [1.807, 2.05) is 0 Å². The molecule has 1 unspecified atom stereocenters. The number of rotatable bonds is 8. The third-order valence-electron chi connectivity index (χ3n) is 6.46. The molecule has 0 bridgehead atoms. The second kappa shape index (κ2) is 9.58. The van der Waals surface area contributed by atoms with Gasteiger partial charge in [0.1, 0.15) is 0 Å². The summed E-state index contributed by atoms with van der Waals surface area (Å²) in [5, 5.41) is 14.0. The average molecular weight is 379 g/mol. The van der Waals surface area contributed by atoms with Crippen LogP contribution < -0.4 is 5.32 Å². The summed E-state index contributed by atoms with van der Waals surface area (Å²) in [6.07, 6.45) is 8.92. The highest BCUT2D eigenvalue weighted by Crippen LogP contribution is 2.29. The zero-order valence-electron chi connectivity index (χ0n) is 16.9. The largest absolute Gasteiger partial charge is 0.390 e. The number of benzene rings is 2. The van der Waals surface area contributed by atoms with E-state index in [1.54, 1.807) is 0 Å². The molecule has 1 aliphatic carbocycles. The lowest BCUT2D eigenvalue weighted by atomic mass is 9.98. The number of hydrogen-bond acceptors (Lipinski definition) is 3. The quantitative estimate of drug-likeness (QED) is 0.702. The fraction of sp³-hybridized carbons (Fsp3) is 0.520. The van der Waals surface area contributed by atoms with Gasteiger partial charge in [0, 0.05) is 31.9 Å². The van der Waals surface area contributed by atoms with Gasteiger partial charge in [-0.2, -0.15) is 0 Å².